The molecule has 0 spiro atoms. The highest BCUT2D eigenvalue weighted by Crippen LogP contribution is 2.15. The van der Waals surface area contributed by atoms with Gasteiger partial charge in [-0.1, -0.05) is 17.7 Å². The molecule has 1 aromatic carbocycles. The zero-order valence-corrected chi connectivity index (χ0v) is 11.6. The van der Waals surface area contributed by atoms with Crippen LogP contribution in [-0.4, -0.2) is 32.2 Å². The van der Waals surface area contributed by atoms with Crippen LogP contribution in [0.2, 0.25) is 0 Å². The van der Waals surface area contributed by atoms with Crippen LogP contribution in [0.15, 0.2) is 33.6 Å². The predicted octanol–water partition coefficient (Wildman–Crippen LogP) is 2.20. The SMILES string of the molecule is C/C(=N\S(=O)(=O)c1ccc(C)cc1)N1CCCC1. The molecule has 1 aromatic rings. The van der Waals surface area contributed by atoms with Crippen LogP contribution in [0.5, 0.6) is 0 Å². The van der Waals surface area contributed by atoms with Gasteiger partial charge in [0.25, 0.3) is 10.0 Å². The zero-order valence-electron chi connectivity index (χ0n) is 10.8. The van der Waals surface area contributed by atoms with E-state index in [-0.39, 0.29) is 4.90 Å². The largest absolute Gasteiger partial charge is 0.360 e. The fraction of sp³-hybridized carbons (Fsp3) is 0.462. The fourth-order valence-corrected chi connectivity index (χ4v) is 3.08. The quantitative estimate of drug-likeness (QED) is 0.609. The summed E-state index contributed by atoms with van der Waals surface area (Å²) in [5, 5.41) is 0. The van der Waals surface area contributed by atoms with Crippen molar-refractivity contribution < 1.29 is 8.42 Å². The average Bonchev–Trinajstić information content (AvgIpc) is 2.82. The van der Waals surface area contributed by atoms with Crippen LogP contribution < -0.4 is 0 Å². The molecule has 18 heavy (non-hydrogen) atoms. The Balaban J connectivity index is 2.25. The first-order valence-corrected chi connectivity index (χ1v) is 7.56. The highest BCUT2D eigenvalue weighted by Gasteiger charge is 2.17. The third-order valence-corrected chi connectivity index (χ3v) is 4.51. The molecule has 1 saturated heterocycles. The summed E-state index contributed by atoms with van der Waals surface area (Å²) in [4.78, 5) is 2.28. The van der Waals surface area contributed by atoms with Crippen molar-refractivity contribution >= 4 is 15.9 Å². The molecule has 0 bridgehead atoms. The van der Waals surface area contributed by atoms with Gasteiger partial charge in [-0.15, -0.1) is 4.40 Å². The summed E-state index contributed by atoms with van der Waals surface area (Å²) in [5.74, 6) is 0.591. The minimum Gasteiger partial charge on any atom is -0.360 e. The molecular weight excluding hydrogens is 248 g/mol. The lowest BCUT2D eigenvalue weighted by molar-refractivity contribution is 0.516. The van der Waals surface area contributed by atoms with Gasteiger partial charge < -0.3 is 4.90 Å². The third-order valence-electron chi connectivity index (χ3n) is 3.13. The normalized spacial score (nSPS) is 17.2. The van der Waals surface area contributed by atoms with Gasteiger partial charge in [0.05, 0.1) is 4.90 Å². The Bertz CT molecular complexity index is 541. The summed E-state index contributed by atoms with van der Waals surface area (Å²) in [6.45, 7) is 5.49. The highest BCUT2D eigenvalue weighted by atomic mass is 32.2. The first-order valence-electron chi connectivity index (χ1n) is 6.12. The van der Waals surface area contributed by atoms with Crippen molar-refractivity contribution in [1.29, 1.82) is 0 Å². The van der Waals surface area contributed by atoms with Gasteiger partial charge in [-0.05, 0) is 38.8 Å². The van der Waals surface area contributed by atoms with Gasteiger partial charge in [-0.2, -0.15) is 8.42 Å². The van der Waals surface area contributed by atoms with Crippen molar-refractivity contribution in [3.05, 3.63) is 29.8 Å². The smallest absolute Gasteiger partial charge is 0.283 e. The molecule has 1 aliphatic rings. The number of benzene rings is 1. The Labute approximate surface area is 108 Å². The highest BCUT2D eigenvalue weighted by molar-refractivity contribution is 7.90. The van der Waals surface area contributed by atoms with Gasteiger partial charge in [0, 0.05) is 13.1 Å². The first-order chi connectivity index (χ1) is 8.49. The molecule has 0 amide bonds. The Hall–Kier alpha value is -1.36. The third kappa shape index (κ3) is 2.90. The Kier molecular flexibility index (Phi) is 3.71. The summed E-state index contributed by atoms with van der Waals surface area (Å²) < 4.78 is 28.1. The van der Waals surface area contributed by atoms with Crippen LogP contribution >= 0.6 is 0 Å². The van der Waals surface area contributed by atoms with Gasteiger partial charge in [0.15, 0.2) is 0 Å². The molecule has 0 aromatic heterocycles. The van der Waals surface area contributed by atoms with E-state index in [2.05, 4.69) is 4.40 Å². The van der Waals surface area contributed by atoms with Crippen LogP contribution in [0.25, 0.3) is 0 Å². The van der Waals surface area contributed by atoms with E-state index in [1.807, 2.05) is 11.8 Å². The Morgan fingerprint density at radius 3 is 2.28 bits per heavy atom. The minimum atomic E-state index is -3.57. The van der Waals surface area contributed by atoms with E-state index in [9.17, 15) is 8.42 Å². The van der Waals surface area contributed by atoms with E-state index in [4.69, 9.17) is 0 Å². The number of hydrogen-bond donors (Lipinski definition) is 0. The maximum Gasteiger partial charge on any atom is 0.283 e. The maximum absolute atomic E-state index is 12.1. The summed E-state index contributed by atoms with van der Waals surface area (Å²) in [6, 6.07) is 6.78. The van der Waals surface area contributed by atoms with E-state index in [1.165, 1.54) is 0 Å². The Morgan fingerprint density at radius 2 is 1.72 bits per heavy atom. The standard InChI is InChI=1S/C13H18N2O2S/c1-11-5-7-13(8-6-11)18(16,17)14-12(2)15-9-3-4-10-15/h5-8H,3-4,9-10H2,1-2H3/b14-12+. The number of nitrogens with zero attached hydrogens (tertiary/aromatic N) is 2. The summed E-state index contributed by atoms with van der Waals surface area (Å²) in [6.07, 6.45) is 2.22. The van der Waals surface area contributed by atoms with Crippen LogP contribution in [0.3, 0.4) is 0 Å². The van der Waals surface area contributed by atoms with E-state index >= 15 is 0 Å². The number of aryl methyl sites for hydroxylation is 1. The lowest BCUT2D eigenvalue weighted by atomic mass is 10.2. The number of rotatable bonds is 2. The molecule has 5 heteroatoms. The minimum absolute atomic E-state index is 0.256. The molecule has 0 unspecified atom stereocenters. The topological polar surface area (TPSA) is 49.7 Å². The van der Waals surface area contributed by atoms with Crippen molar-refractivity contribution in [3.63, 3.8) is 0 Å². The number of amidine groups is 1. The lowest BCUT2D eigenvalue weighted by Gasteiger charge is -2.16. The molecule has 2 rings (SSSR count). The summed E-state index contributed by atoms with van der Waals surface area (Å²) in [5.41, 5.74) is 1.04. The van der Waals surface area contributed by atoms with E-state index < -0.39 is 10.0 Å². The molecule has 0 saturated carbocycles. The van der Waals surface area contributed by atoms with Crippen LogP contribution in [0.4, 0.5) is 0 Å². The van der Waals surface area contributed by atoms with Crippen molar-refractivity contribution in [1.82, 2.24) is 4.90 Å². The molecule has 1 aliphatic heterocycles. The molecule has 98 valence electrons. The fourth-order valence-electron chi connectivity index (χ4n) is 2.04. The maximum atomic E-state index is 12.1. The van der Waals surface area contributed by atoms with Crippen molar-refractivity contribution in [2.24, 2.45) is 4.40 Å². The van der Waals surface area contributed by atoms with Crippen molar-refractivity contribution in [2.45, 2.75) is 31.6 Å². The second kappa shape index (κ2) is 5.10. The molecule has 1 heterocycles. The number of likely N-dealkylation sites (tertiary alicyclic amines) is 1. The monoisotopic (exact) mass is 266 g/mol. The Morgan fingerprint density at radius 1 is 1.17 bits per heavy atom. The van der Waals surface area contributed by atoms with Crippen LogP contribution in [0, 0.1) is 6.92 Å². The van der Waals surface area contributed by atoms with E-state index in [0.29, 0.717) is 5.84 Å². The van der Waals surface area contributed by atoms with Gasteiger partial charge in [0.2, 0.25) is 0 Å². The zero-order chi connectivity index (χ0) is 13.2. The molecule has 0 radical (unpaired) electrons. The van der Waals surface area contributed by atoms with Crippen LogP contribution in [0.1, 0.15) is 25.3 Å². The summed E-state index contributed by atoms with van der Waals surface area (Å²) in [7, 11) is -3.57. The molecule has 0 aliphatic carbocycles. The predicted molar refractivity (Wildman–Crippen MR) is 72.3 cm³/mol. The number of hydrogen-bond acceptors (Lipinski definition) is 2. The molecular formula is C13H18N2O2S. The molecule has 1 fully saturated rings. The van der Waals surface area contributed by atoms with E-state index in [0.717, 1.165) is 31.5 Å². The second-order valence-electron chi connectivity index (χ2n) is 4.62. The molecule has 0 N–H and O–H groups in total. The van der Waals surface area contributed by atoms with Gasteiger partial charge in [0.1, 0.15) is 5.84 Å². The van der Waals surface area contributed by atoms with Gasteiger partial charge in [-0.3, -0.25) is 0 Å². The van der Waals surface area contributed by atoms with E-state index in [1.54, 1.807) is 31.2 Å². The first kappa shape index (κ1) is 13.1. The van der Waals surface area contributed by atoms with Crippen LogP contribution in [-0.2, 0) is 10.0 Å². The molecule has 4 nitrogen and oxygen atoms in total. The van der Waals surface area contributed by atoms with Gasteiger partial charge >= 0.3 is 0 Å². The average molecular weight is 266 g/mol. The molecule has 0 atom stereocenters. The summed E-state index contributed by atoms with van der Waals surface area (Å²) >= 11 is 0. The second-order valence-corrected chi connectivity index (χ2v) is 6.22. The van der Waals surface area contributed by atoms with Crippen molar-refractivity contribution in [2.75, 3.05) is 13.1 Å². The lowest BCUT2D eigenvalue weighted by Crippen LogP contribution is -2.26. The van der Waals surface area contributed by atoms with Crippen molar-refractivity contribution in [3.8, 4) is 0 Å². The van der Waals surface area contributed by atoms with Gasteiger partial charge in [-0.25, -0.2) is 0 Å². The number of sulfonamides is 1.